The zero-order valence-electron chi connectivity index (χ0n) is 8.38. The fourth-order valence-electron chi connectivity index (χ4n) is 1.05. The van der Waals surface area contributed by atoms with Crippen LogP contribution >= 0.6 is 0 Å². The number of hydrogen-bond acceptors (Lipinski definition) is 3. The average molecular weight is 241 g/mol. The van der Waals surface area contributed by atoms with Gasteiger partial charge in [0.05, 0.1) is 0 Å². The van der Waals surface area contributed by atoms with Crippen LogP contribution in [0.2, 0.25) is 0 Å². The molecular formula is C10H11NO4S. The van der Waals surface area contributed by atoms with Gasteiger partial charge in [0, 0.05) is 16.5 Å². The van der Waals surface area contributed by atoms with E-state index in [2.05, 4.69) is 5.32 Å². The van der Waals surface area contributed by atoms with Crippen LogP contribution in [-0.2, 0) is 20.4 Å². The third-order valence-electron chi connectivity index (χ3n) is 1.63. The Bertz CT molecular complexity index is 405. The zero-order chi connectivity index (χ0) is 12.0. The van der Waals surface area contributed by atoms with Gasteiger partial charge in [-0.05, 0) is 12.1 Å². The maximum absolute atomic E-state index is 11.3. The van der Waals surface area contributed by atoms with Crippen LogP contribution in [0.4, 0.5) is 5.69 Å². The Morgan fingerprint density at radius 3 is 2.38 bits per heavy atom. The Balaban J connectivity index is 2.42. The summed E-state index contributed by atoms with van der Waals surface area (Å²) in [4.78, 5) is 21.5. The van der Waals surface area contributed by atoms with E-state index < -0.39 is 28.4 Å². The summed E-state index contributed by atoms with van der Waals surface area (Å²) in [6.45, 7) is 0. The summed E-state index contributed by atoms with van der Waals surface area (Å²) in [6, 6.07) is 8.70. The first-order valence-corrected chi connectivity index (χ1v) is 5.98. The van der Waals surface area contributed by atoms with E-state index in [1.807, 2.05) is 0 Å². The molecule has 2 N–H and O–H groups in total. The molecule has 0 radical (unpaired) electrons. The van der Waals surface area contributed by atoms with Crippen LogP contribution in [0.5, 0.6) is 0 Å². The summed E-state index contributed by atoms with van der Waals surface area (Å²) in [5, 5.41) is 10.9. The fraction of sp³-hybridized carbons (Fsp3) is 0.200. The SMILES string of the molecule is O=C(O)CS(=O)CC(=O)Nc1ccccc1. The van der Waals surface area contributed by atoms with Crippen LogP contribution in [0.3, 0.4) is 0 Å². The molecule has 0 aliphatic heterocycles. The highest BCUT2D eigenvalue weighted by Gasteiger charge is 2.11. The van der Waals surface area contributed by atoms with Gasteiger partial charge in [-0.25, -0.2) is 0 Å². The number of carbonyl (C=O) groups is 2. The van der Waals surface area contributed by atoms with E-state index in [-0.39, 0.29) is 5.75 Å². The molecule has 5 nitrogen and oxygen atoms in total. The Hall–Kier alpha value is -1.69. The summed E-state index contributed by atoms with van der Waals surface area (Å²) in [5.74, 6) is -2.44. The lowest BCUT2D eigenvalue weighted by Crippen LogP contribution is -2.23. The van der Waals surface area contributed by atoms with Crippen LogP contribution in [0.1, 0.15) is 0 Å². The Morgan fingerprint density at radius 2 is 1.81 bits per heavy atom. The first-order chi connectivity index (χ1) is 7.58. The van der Waals surface area contributed by atoms with E-state index in [1.165, 1.54) is 0 Å². The molecule has 0 fully saturated rings. The molecule has 0 saturated heterocycles. The van der Waals surface area contributed by atoms with Crippen LogP contribution in [0.25, 0.3) is 0 Å². The van der Waals surface area contributed by atoms with E-state index in [9.17, 15) is 13.8 Å². The van der Waals surface area contributed by atoms with E-state index in [4.69, 9.17) is 5.11 Å². The Morgan fingerprint density at radius 1 is 1.19 bits per heavy atom. The van der Waals surface area contributed by atoms with E-state index >= 15 is 0 Å². The predicted octanol–water partition coefficient (Wildman–Crippen LogP) is 0.458. The summed E-state index contributed by atoms with van der Waals surface area (Å²) >= 11 is 0. The van der Waals surface area contributed by atoms with Crippen molar-refractivity contribution in [2.75, 3.05) is 16.8 Å². The van der Waals surface area contributed by atoms with Crippen molar-refractivity contribution in [3.63, 3.8) is 0 Å². The molecule has 0 saturated carbocycles. The number of rotatable bonds is 5. The maximum Gasteiger partial charge on any atom is 0.316 e. The van der Waals surface area contributed by atoms with Gasteiger partial charge in [-0.2, -0.15) is 0 Å². The van der Waals surface area contributed by atoms with Crippen molar-refractivity contribution in [1.82, 2.24) is 0 Å². The van der Waals surface area contributed by atoms with Crippen LogP contribution in [-0.4, -0.2) is 32.7 Å². The van der Waals surface area contributed by atoms with Crippen molar-refractivity contribution in [1.29, 1.82) is 0 Å². The monoisotopic (exact) mass is 241 g/mol. The number of carboxylic acid groups (broad SMARTS) is 1. The third kappa shape index (κ3) is 4.70. The highest BCUT2D eigenvalue weighted by atomic mass is 32.2. The van der Waals surface area contributed by atoms with Crippen LogP contribution in [0, 0.1) is 0 Å². The molecule has 1 aromatic carbocycles. The van der Waals surface area contributed by atoms with E-state index in [1.54, 1.807) is 30.3 Å². The molecule has 1 aromatic rings. The first-order valence-electron chi connectivity index (χ1n) is 4.49. The second kappa shape index (κ2) is 6.02. The molecule has 1 rings (SSSR count). The number of carboxylic acids is 1. The highest BCUT2D eigenvalue weighted by molar-refractivity contribution is 7.86. The van der Waals surface area contributed by atoms with Crippen molar-refractivity contribution >= 4 is 28.4 Å². The van der Waals surface area contributed by atoms with Crippen molar-refractivity contribution < 1.29 is 18.9 Å². The second-order valence-electron chi connectivity index (χ2n) is 3.04. The van der Waals surface area contributed by atoms with Gasteiger partial charge in [0.1, 0.15) is 11.5 Å². The molecule has 1 atom stereocenters. The summed E-state index contributed by atoms with van der Waals surface area (Å²) in [5.41, 5.74) is 0.597. The van der Waals surface area contributed by atoms with Crippen molar-refractivity contribution in [3.8, 4) is 0 Å². The van der Waals surface area contributed by atoms with Crippen molar-refractivity contribution in [2.45, 2.75) is 0 Å². The number of hydrogen-bond donors (Lipinski definition) is 2. The Kier molecular flexibility index (Phi) is 4.65. The second-order valence-corrected chi connectivity index (χ2v) is 4.49. The molecule has 1 unspecified atom stereocenters. The molecule has 6 heteroatoms. The van der Waals surface area contributed by atoms with E-state index in [0.717, 1.165) is 0 Å². The highest BCUT2D eigenvalue weighted by Crippen LogP contribution is 2.04. The van der Waals surface area contributed by atoms with Gasteiger partial charge in [-0.1, -0.05) is 18.2 Å². The lowest BCUT2D eigenvalue weighted by Gasteiger charge is -2.03. The molecule has 0 heterocycles. The molecule has 0 aliphatic carbocycles. The smallest absolute Gasteiger partial charge is 0.316 e. The van der Waals surface area contributed by atoms with E-state index in [0.29, 0.717) is 5.69 Å². The predicted molar refractivity (Wildman–Crippen MR) is 60.6 cm³/mol. The largest absolute Gasteiger partial charge is 0.481 e. The molecule has 0 spiro atoms. The Labute approximate surface area is 94.9 Å². The average Bonchev–Trinajstić information content (AvgIpc) is 2.17. The summed E-state index contributed by atoms with van der Waals surface area (Å²) in [7, 11) is -1.67. The molecule has 0 aliphatic rings. The minimum Gasteiger partial charge on any atom is -0.481 e. The van der Waals surface area contributed by atoms with Gasteiger partial charge in [0.15, 0.2) is 0 Å². The van der Waals surface area contributed by atoms with Gasteiger partial charge in [-0.15, -0.1) is 0 Å². The summed E-state index contributed by atoms with van der Waals surface area (Å²) in [6.07, 6.45) is 0. The molecule has 0 aromatic heterocycles. The minimum atomic E-state index is -1.67. The number of para-hydroxylation sites is 1. The van der Waals surface area contributed by atoms with Gasteiger partial charge < -0.3 is 10.4 Å². The zero-order valence-corrected chi connectivity index (χ0v) is 9.20. The summed E-state index contributed by atoms with van der Waals surface area (Å²) < 4.78 is 11.1. The maximum atomic E-state index is 11.3. The number of benzene rings is 1. The minimum absolute atomic E-state index is 0.304. The van der Waals surface area contributed by atoms with Crippen LogP contribution in [0.15, 0.2) is 30.3 Å². The van der Waals surface area contributed by atoms with Crippen molar-refractivity contribution in [2.24, 2.45) is 0 Å². The number of amides is 1. The lowest BCUT2D eigenvalue weighted by molar-refractivity contribution is -0.133. The number of aliphatic carboxylic acids is 1. The number of nitrogens with one attached hydrogen (secondary N) is 1. The molecule has 16 heavy (non-hydrogen) atoms. The first kappa shape index (κ1) is 12.4. The van der Waals surface area contributed by atoms with Gasteiger partial charge in [0.25, 0.3) is 0 Å². The number of anilines is 1. The molecular weight excluding hydrogens is 230 g/mol. The normalized spacial score (nSPS) is 11.8. The molecule has 86 valence electrons. The molecule has 0 bridgehead atoms. The topological polar surface area (TPSA) is 83.5 Å². The standard InChI is InChI=1S/C10H11NO4S/c12-9(6-16(15)7-10(13)14)11-8-4-2-1-3-5-8/h1-5H,6-7H2,(H,11,12)(H,13,14). The van der Waals surface area contributed by atoms with Gasteiger partial charge in [0.2, 0.25) is 5.91 Å². The fourth-order valence-corrected chi connectivity index (χ4v) is 1.80. The van der Waals surface area contributed by atoms with Crippen molar-refractivity contribution in [3.05, 3.63) is 30.3 Å². The number of carbonyl (C=O) groups excluding carboxylic acids is 1. The third-order valence-corrected chi connectivity index (χ3v) is 2.79. The molecule has 1 amide bonds. The quantitative estimate of drug-likeness (QED) is 0.784. The van der Waals surface area contributed by atoms with Gasteiger partial charge >= 0.3 is 5.97 Å². The lowest BCUT2D eigenvalue weighted by atomic mass is 10.3. The van der Waals surface area contributed by atoms with Crippen LogP contribution < -0.4 is 5.32 Å². The van der Waals surface area contributed by atoms with Gasteiger partial charge in [-0.3, -0.25) is 13.8 Å².